The lowest BCUT2D eigenvalue weighted by Gasteiger charge is -2.26. The van der Waals surface area contributed by atoms with E-state index in [9.17, 15) is 21.6 Å². The SMILES string of the molecule is COc1ccc(NS(=O)(=O)c2ccc(NC(=O)c3ccc(CS(=O)(=O)N4CCOCC4)cc3)cc2)c(OC)c1. The number of carbonyl (C=O) groups is 1. The van der Waals surface area contributed by atoms with Crippen molar-refractivity contribution >= 4 is 37.3 Å². The van der Waals surface area contributed by atoms with E-state index in [1.807, 2.05) is 0 Å². The van der Waals surface area contributed by atoms with Gasteiger partial charge in [-0.1, -0.05) is 12.1 Å². The Morgan fingerprint density at radius 1 is 0.897 bits per heavy atom. The molecule has 1 heterocycles. The van der Waals surface area contributed by atoms with Crippen LogP contribution in [0.25, 0.3) is 0 Å². The summed E-state index contributed by atoms with van der Waals surface area (Å²) in [6.07, 6.45) is 0. The molecule has 2 N–H and O–H groups in total. The second kappa shape index (κ2) is 12.0. The Morgan fingerprint density at radius 2 is 1.56 bits per heavy atom. The number of methoxy groups -OCH3 is 2. The molecule has 1 saturated heterocycles. The predicted octanol–water partition coefficient (Wildman–Crippen LogP) is 2.92. The Balaban J connectivity index is 1.38. The second-order valence-electron chi connectivity index (χ2n) is 8.61. The highest BCUT2D eigenvalue weighted by molar-refractivity contribution is 7.92. The topological polar surface area (TPSA) is 140 Å². The molecule has 0 radical (unpaired) electrons. The monoisotopic (exact) mass is 575 g/mol. The molecule has 0 aromatic heterocycles. The maximum absolute atomic E-state index is 12.9. The Labute approximate surface area is 227 Å². The molecule has 0 saturated carbocycles. The van der Waals surface area contributed by atoms with E-state index in [4.69, 9.17) is 14.2 Å². The van der Waals surface area contributed by atoms with Gasteiger partial charge in [0, 0.05) is 30.4 Å². The number of ether oxygens (including phenoxy) is 3. The predicted molar refractivity (Wildman–Crippen MR) is 146 cm³/mol. The van der Waals surface area contributed by atoms with Crippen LogP contribution in [0.2, 0.25) is 0 Å². The van der Waals surface area contributed by atoms with E-state index in [-0.39, 0.29) is 16.3 Å². The van der Waals surface area contributed by atoms with Crippen LogP contribution in [0.4, 0.5) is 11.4 Å². The molecule has 0 aliphatic carbocycles. The fourth-order valence-electron chi connectivity index (χ4n) is 3.89. The summed E-state index contributed by atoms with van der Waals surface area (Å²) in [7, 11) is -4.49. The molecular formula is C26H29N3O8S2. The molecule has 0 atom stereocenters. The molecule has 3 aromatic rings. The first-order chi connectivity index (χ1) is 18.6. The summed E-state index contributed by atoms with van der Waals surface area (Å²) >= 11 is 0. The number of benzene rings is 3. The van der Waals surface area contributed by atoms with Gasteiger partial charge in [-0.25, -0.2) is 16.8 Å². The highest BCUT2D eigenvalue weighted by Gasteiger charge is 2.24. The molecule has 11 nitrogen and oxygen atoms in total. The maximum atomic E-state index is 12.9. The number of hydrogen-bond acceptors (Lipinski definition) is 8. The number of nitrogens with one attached hydrogen (secondary N) is 2. The molecule has 1 fully saturated rings. The van der Waals surface area contributed by atoms with Crippen LogP contribution in [0.5, 0.6) is 11.5 Å². The summed E-state index contributed by atoms with van der Waals surface area (Å²) in [5.74, 6) is 0.227. The second-order valence-corrected chi connectivity index (χ2v) is 12.3. The van der Waals surface area contributed by atoms with E-state index in [0.717, 1.165) is 0 Å². The summed E-state index contributed by atoms with van der Waals surface area (Å²) in [5.41, 5.74) is 1.53. The number of nitrogens with zero attached hydrogens (tertiary/aromatic N) is 1. The van der Waals surface area contributed by atoms with Crippen molar-refractivity contribution < 1.29 is 35.8 Å². The fraction of sp³-hybridized carbons (Fsp3) is 0.269. The van der Waals surface area contributed by atoms with Crippen molar-refractivity contribution in [3.63, 3.8) is 0 Å². The van der Waals surface area contributed by atoms with E-state index in [0.29, 0.717) is 54.6 Å². The first kappa shape index (κ1) is 28.4. The Morgan fingerprint density at radius 3 is 2.18 bits per heavy atom. The van der Waals surface area contributed by atoms with Crippen LogP contribution in [-0.4, -0.2) is 67.6 Å². The average molecular weight is 576 g/mol. The van der Waals surface area contributed by atoms with Crippen LogP contribution < -0.4 is 19.5 Å². The molecule has 1 aliphatic heterocycles. The number of anilines is 2. The minimum atomic E-state index is -3.93. The van der Waals surface area contributed by atoms with Crippen LogP contribution in [0, 0.1) is 0 Å². The number of morpholine rings is 1. The van der Waals surface area contributed by atoms with Crippen molar-refractivity contribution in [2.45, 2.75) is 10.6 Å². The number of hydrogen-bond donors (Lipinski definition) is 2. The van der Waals surface area contributed by atoms with Gasteiger partial charge in [-0.3, -0.25) is 9.52 Å². The third-order valence-corrected chi connectivity index (χ3v) is 9.24. The van der Waals surface area contributed by atoms with E-state index >= 15 is 0 Å². The van der Waals surface area contributed by atoms with Crippen molar-refractivity contribution in [1.82, 2.24) is 4.31 Å². The van der Waals surface area contributed by atoms with Gasteiger partial charge >= 0.3 is 0 Å². The molecule has 0 spiro atoms. The summed E-state index contributed by atoms with van der Waals surface area (Å²) in [6.45, 7) is 1.40. The van der Waals surface area contributed by atoms with Crippen molar-refractivity contribution in [3.05, 3.63) is 77.9 Å². The molecule has 1 amide bonds. The minimum absolute atomic E-state index is 0.01000. The normalized spacial score (nSPS) is 14.4. The van der Waals surface area contributed by atoms with Crippen molar-refractivity contribution in [2.24, 2.45) is 0 Å². The molecule has 0 bridgehead atoms. The molecule has 208 valence electrons. The van der Waals surface area contributed by atoms with Crippen molar-refractivity contribution in [1.29, 1.82) is 0 Å². The van der Waals surface area contributed by atoms with Crippen molar-refractivity contribution in [3.8, 4) is 11.5 Å². The van der Waals surface area contributed by atoms with Crippen LogP contribution in [-0.2, 0) is 30.5 Å². The molecular weight excluding hydrogens is 546 g/mol. The Kier molecular flexibility index (Phi) is 8.75. The largest absolute Gasteiger partial charge is 0.497 e. The van der Waals surface area contributed by atoms with Crippen LogP contribution >= 0.6 is 0 Å². The number of carbonyl (C=O) groups excluding carboxylic acids is 1. The number of rotatable bonds is 10. The summed E-state index contributed by atoms with van der Waals surface area (Å²) < 4.78 is 70.4. The van der Waals surface area contributed by atoms with Gasteiger partial charge < -0.3 is 19.5 Å². The molecule has 39 heavy (non-hydrogen) atoms. The minimum Gasteiger partial charge on any atom is -0.497 e. The van der Waals surface area contributed by atoms with Crippen LogP contribution in [0.3, 0.4) is 0 Å². The standard InChI is InChI=1S/C26H29N3O8S2/c1-35-22-9-12-24(25(17-22)36-2)28-39(33,34)23-10-7-21(8-11-23)27-26(30)20-5-3-19(4-6-20)18-38(31,32)29-13-15-37-16-14-29/h3-12,17,28H,13-16,18H2,1-2H3,(H,27,30). The van der Waals surface area contributed by atoms with E-state index in [1.54, 1.807) is 36.4 Å². The summed E-state index contributed by atoms with van der Waals surface area (Å²) in [4.78, 5) is 12.7. The maximum Gasteiger partial charge on any atom is 0.262 e. The van der Waals surface area contributed by atoms with Gasteiger partial charge in [-0.05, 0) is 54.1 Å². The van der Waals surface area contributed by atoms with Gasteiger partial charge in [0.05, 0.1) is 43.8 Å². The van der Waals surface area contributed by atoms with Gasteiger partial charge in [-0.15, -0.1) is 0 Å². The zero-order chi connectivity index (χ0) is 28.0. The van der Waals surface area contributed by atoms with Gasteiger partial charge in [0.1, 0.15) is 11.5 Å². The highest BCUT2D eigenvalue weighted by atomic mass is 32.2. The number of sulfonamides is 2. The zero-order valence-electron chi connectivity index (χ0n) is 21.4. The first-order valence-corrected chi connectivity index (χ1v) is 15.0. The van der Waals surface area contributed by atoms with E-state index in [2.05, 4.69) is 10.0 Å². The van der Waals surface area contributed by atoms with Gasteiger partial charge in [-0.2, -0.15) is 4.31 Å². The summed E-state index contributed by atoms with van der Waals surface area (Å²) in [6, 6.07) is 16.7. The van der Waals surface area contributed by atoms with Gasteiger partial charge in [0.2, 0.25) is 10.0 Å². The number of amides is 1. The Bertz CT molecular complexity index is 1520. The van der Waals surface area contributed by atoms with E-state index in [1.165, 1.54) is 48.9 Å². The quantitative estimate of drug-likeness (QED) is 0.376. The molecule has 4 rings (SSSR count). The van der Waals surface area contributed by atoms with Gasteiger partial charge in [0.25, 0.3) is 15.9 Å². The lowest BCUT2D eigenvalue weighted by molar-refractivity contribution is 0.0729. The van der Waals surface area contributed by atoms with E-state index < -0.39 is 26.0 Å². The third kappa shape index (κ3) is 7.06. The van der Waals surface area contributed by atoms with Crippen LogP contribution in [0.1, 0.15) is 15.9 Å². The van der Waals surface area contributed by atoms with Crippen molar-refractivity contribution in [2.75, 3.05) is 50.6 Å². The average Bonchev–Trinajstić information content (AvgIpc) is 2.94. The molecule has 13 heteroatoms. The zero-order valence-corrected chi connectivity index (χ0v) is 23.0. The lowest BCUT2D eigenvalue weighted by Crippen LogP contribution is -2.41. The summed E-state index contributed by atoms with van der Waals surface area (Å²) in [5, 5.41) is 2.71. The fourth-order valence-corrected chi connectivity index (χ4v) is 6.46. The van der Waals surface area contributed by atoms with Gasteiger partial charge in [0.15, 0.2) is 0 Å². The molecule has 3 aromatic carbocycles. The lowest BCUT2D eigenvalue weighted by atomic mass is 10.1. The third-order valence-electron chi connectivity index (χ3n) is 6.00. The molecule has 0 unspecified atom stereocenters. The van der Waals surface area contributed by atoms with Crippen LogP contribution in [0.15, 0.2) is 71.6 Å². The molecule has 1 aliphatic rings. The first-order valence-electron chi connectivity index (χ1n) is 11.9. The smallest absolute Gasteiger partial charge is 0.262 e. The highest BCUT2D eigenvalue weighted by Crippen LogP contribution is 2.31. The Hall–Kier alpha value is -3.65.